The first-order chi connectivity index (χ1) is 8.35. The van der Waals surface area contributed by atoms with Crippen LogP contribution in [0.3, 0.4) is 0 Å². The van der Waals surface area contributed by atoms with Gasteiger partial charge >= 0.3 is 0 Å². The molecule has 0 aromatic carbocycles. The van der Waals surface area contributed by atoms with Gasteiger partial charge in [0.15, 0.2) is 0 Å². The maximum atomic E-state index is 5.09. The van der Waals surface area contributed by atoms with Gasteiger partial charge in [-0.15, -0.1) is 0 Å². The number of hydrogen-bond acceptors (Lipinski definition) is 4. The Morgan fingerprint density at radius 2 is 2.06 bits per heavy atom. The molecule has 0 radical (unpaired) electrons. The highest BCUT2D eigenvalue weighted by Crippen LogP contribution is 2.25. The van der Waals surface area contributed by atoms with Crippen LogP contribution in [0.2, 0.25) is 0 Å². The summed E-state index contributed by atoms with van der Waals surface area (Å²) in [5.41, 5.74) is 2.58. The van der Waals surface area contributed by atoms with Crippen molar-refractivity contribution < 1.29 is 4.74 Å². The Kier molecular flexibility index (Phi) is 4.31. The number of nitrogens with one attached hydrogen (secondary N) is 1. The lowest BCUT2D eigenvalue weighted by Gasteiger charge is -2.19. The van der Waals surface area contributed by atoms with Crippen molar-refractivity contribution >= 4 is 5.82 Å². The molecule has 0 aliphatic heterocycles. The van der Waals surface area contributed by atoms with E-state index in [1.165, 1.54) is 24.1 Å². The molecule has 0 amide bonds. The summed E-state index contributed by atoms with van der Waals surface area (Å²) in [5.74, 6) is 1.95. The first kappa shape index (κ1) is 12.3. The lowest BCUT2D eigenvalue weighted by molar-refractivity contribution is 0.200. The minimum absolute atomic E-state index is 0.685. The van der Waals surface area contributed by atoms with Crippen LogP contribution < -0.4 is 5.32 Å². The summed E-state index contributed by atoms with van der Waals surface area (Å²) in [7, 11) is 1.71. The van der Waals surface area contributed by atoms with Crippen molar-refractivity contribution in [3.63, 3.8) is 0 Å². The lowest BCUT2D eigenvalue weighted by atomic mass is 9.96. The molecule has 1 aliphatic rings. The van der Waals surface area contributed by atoms with E-state index in [4.69, 9.17) is 4.74 Å². The molecule has 0 saturated heterocycles. The highest BCUT2D eigenvalue weighted by molar-refractivity contribution is 5.47. The summed E-state index contributed by atoms with van der Waals surface area (Å²) in [6, 6.07) is 0. The zero-order valence-electron chi connectivity index (χ0n) is 10.8. The van der Waals surface area contributed by atoms with Gasteiger partial charge in [0.1, 0.15) is 11.6 Å². The van der Waals surface area contributed by atoms with Gasteiger partial charge in [0, 0.05) is 31.3 Å². The molecular formula is C13H21N3O. The number of hydrogen-bond donors (Lipinski definition) is 1. The third kappa shape index (κ3) is 2.94. The molecule has 2 rings (SSSR count). The third-order valence-electron chi connectivity index (χ3n) is 3.10. The molecule has 4 heteroatoms. The Bertz CT molecular complexity index is 379. The first-order valence-electron chi connectivity index (χ1n) is 6.46. The van der Waals surface area contributed by atoms with Crippen LogP contribution in [-0.2, 0) is 24.0 Å². The fourth-order valence-corrected chi connectivity index (χ4v) is 2.26. The zero-order valence-corrected chi connectivity index (χ0v) is 10.8. The largest absolute Gasteiger partial charge is 0.384 e. The van der Waals surface area contributed by atoms with Crippen molar-refractivity contribution in [1.82, 2.24) is 9.97 Å². The van der Waals surface area contributed by atoms with Gasteiger partial charge in [0.05, 0.1) is 6.61 Å². The van der Waals surface area contributed by atoms with Crippen LogP contribution >= 0.6 is 0 Å². The summed E-state index contributed by atoms with van der Waals surface area (Å²) in [4.78, 5) is 9.27. The number of rotatable bonds is 5. The molecule has 1 aromatic rings. The predicted octanol–water partition coefficient (Wildman–Crippen LogP) is 1.98. The van der Waals surface area contributed by atoms with Gasteiger partial charge in [-0.2, -0.15) is 0 Å². The average molecular weight is 235 g/mol. The van der Waals surface area contributed by atoms with Crippen LogP contribution in [0.15, 0.2) is 0 Å². The van der Waals surface area contributed by atoms with Crippen molar-refractivity contribution in [3.05, 3.63) is 17.1 Å². The maximum Gasteiger partial charge on any atom is 0.133 e. The minimum Gasteiger partial charge on any atom is -0.384 e. The smallest absolute Gasteiger partial charge is 0.133 e. The molecule has 1 aromatic heterocycles. The van der Waals surface area contributed by atoms with E-state index in [1.807, 2.05) is 0 Å². The van der Waals surface area contributed by atoms with Crippen molar-refractivity contribution in [2.75, 3.05) is 25.6 Å². The highest BCUT2D eigenvalue weighted by Gasteiger charge is 2.17. The number of fused-ring (bicyclic) bond motifs is 1. The molecule has 0 spiro atoms. The molecular weight excluding hydrogens is 214 g/mol. The number of anilines is 1. The van der Waals surface area contributed by atoms with Crippen LogP contribution in [0.5, 0.6) is 0 Å². The van der Waals surface area contributed by atoms with Crippen LogP contribution in [0.4, 0.5) is 5.82 Å². The summed E-state index contributed by atoms with van der Waals surface area (Å²) in [6.45, 7) is 3.70. The Balaban J connectivity index is 2.27. The van der Waals surface area contributed by atoms with Gasteiger partial charge in [-0.25, -0.2) is 9.97 Å². The molecule has 0 atom stereocenters. The molecule has 0 unspecified atom stereocenters. The molecule has 94 valence electrons. The van der Waals surface area contributed by atoms with Gasteiger partial charge in [0.25, 0.3) is 0 Å². The van der Waals surface area contributed by atoms with E-state index in [0.717, 1.165) is 37.4 Å². The van der Waals surface area contributed by atoms with Crippen LogP contribution in [-0.4, -0.2) is 30.2 Å². The second-order valence-electron chi connectivity index (χ2n) is 4.39. The van der Waals surface area contributed by atoms with E-state index >= 15 is 0 Å². The van der Waals surface area contributed by atoms with Crippen molar-refractivity contribution in [2.24, 2.45) is 0 Å². The third-order valence-corrected chi connectivity index (χ3v) is 3.10. The normalized spacial score (nSPS) is 14.5. The number of nitrogens with zero attached hydrogens (tertiary/aromatic N) is 2. The molecule has 1 heterocycles. The molecule has 1 aliphatic carbocycles. The van der Waals surface area contributed by atoms with Crippen molar-refractivity contribution in [2.45, 2.75) is 39.0 Å². The average Bonchev–Trinajstić information content (AvgIpc) is 2.37. The molecule has 0 fully saturated rings. The van der Waals surface area contributed by atoms with Crippen molar-refractivity contribution in [1.29, 1.82) is 0 Å². The SMILES string of the molecule is CCNc1nc(CCOC)nc2c1CCCC2. The monoisotopic (exact) mass is 235 g/mol. The van der Waals surface area contributed by atoms with Gasteiger partial charge in [0.2, 0.25) is 0 Å². The Labute approximate surface area is 103 Å². The van der Waals surface area contributed by atoms with Gasteiger partial charge in [-0.1, -0.05) is 0 Å². The Morgan fingerprint density at radius 1 is 1.24 bits per heavy atom. The number of ether oxygens (including phenoxy) is 1. The molecule has 0 saturated carbocycles. The molecule has 1 N–H and O–H groups in total. The molecule has 17 heavy (non-hydrogen) atoms. The maximum absolute atomic E-state index is 5.09. The van der Waals surface area contributed by atoms with E-state index in [-0.39, 0.29) is 0 Å². The van der Waals surface area contributed by atoms with E-state index in [2.05, 4.69) is 22.2 Å². The zero-order chi connectivity index (χ0) is 12.1. The van der Waals surface area contributed by atoms with Gasteiger partial charge in [-0.3, -0.25) is 0 Å². The summed E-state index contributed by atoms with van der Waals surface area (Å²) in [6.07, 6.45) is 5.51. The van der Waals surface area contributed by atoms with E-state index in [1.54, 1.807) is 7.11 Å². The van der Waals surface area contributed by atoms with E-state index in [9.17, 15) is 0 Å². The van der Waals surface area contributed by atoms with Crippen LogP contribution in [0.25, 0.3) is 0 Å². The predicted molar refractivity (Wildman–Crippen MR) is 68.4 cm³/mol. The summed E-state index contributed by atoms with van der Waals surface area (Å²) >= 11 is 0. The number of aryl methyl sites for hydroxylation is 1. The van der Waals surface area contributed by atoms with E-state index in [0.29, 0.717) is 6.61 Å². The fourth-order valence-electron chi connectivity index (χ4n) is 2.26. The van der Waals surface area contributed by atoms with Gasteiger partial charge < -0.3 is 10.1 Å². The van der Waals surface area contributed by atoms with Gasteiger partial charge in [-0.05, 0) is 32.6 Å². The Hall–Kier alpha value is -1.16. The fraction of sp³-hybridized carbons (Fsp3) is 0.692. The van der Waals surface area contributed by atoms with E-state index < -0.39 is 0 Å². The second-order valence-corrected chi connectivity index (χ2v) is 4.39. The molecule has 4 nitrogen and oxygen atoms in total. The second kappa shape index (κ2) is 5.96. The van der Waals surface area contributed by atoms with Crippen molar-refractivity contribution in [3.8, 4) is 0 Å². The Morgan fingerprint density at radius 3 is 2.82 bits per heavy atom. The van der Waals surface area contributed by atoms with Crippen LogP contribution in [0.1, 0.15) is 36.8 Å². The van der Waals surface area contributed by atoms with Crippen LogP contribution in [0, 0.1) is 0 Å². The quantitative estimate of drug-likeness (QED) is 0.847. The first-order valence-corrected chi connectivity index (χ1v) is 6.46. The number of methoxy groups -OCH3 is 1. The highest BCUT2D eigenvalue weighted by atomic mass is 16.5. The summed E-state index contributed by atoms with van der Waals surface area (Å²) < 4.78 is 5.09. The topological polar surface area (TPSA) is 47.0 Å². The minimum atomic E-state index is 0.685. The number of aromatic nitrogens is 2. The lowest BCUT2D eigenvalue weighted by Crippen LogP contribution is -2.15. The summed E-state index contributed by atoms with van der Waals surface area (Å²) in [5, 5.41) is 3.36. The molecule has 0 bridgehead atoms. The standard InChI is InChI=1S/C13H21N3O/c1-3-14-13-10-6-4-5-7-11(10)15-12(16-13)8-9-17-2/h3-9H2,1-2H3,(H,14,15,16).